The summed E-state index contributed by atoms with van der Waals surface area (Å²) in [6.45, 7) is 0. The minimum Gasteiger partial charge on any atom is -0.328 e. The van der Waals surface area contributed by atoms with Gasteiger partial charge in [0, 0.05) is 18.1 Å². The van der Waals surface area contributed by atoms with Crippen molar-refractivity contribution in [2.24, 2.45) is 35.1 Å². The van der Waals surface area contributed by atoms with Gasteiger partial charge in [0.15, 0.2) is 0 Å². The summed E-state index contributed by atoms with van der Waals surface area (Å²) in [4.78, 5) is 0. The summed E-state index contributed by atoms with van der Waals surface area (Å²) >= 11 is 0. The highest BCUT2D eigenvalue weighted by atomic mass is 14.9. The molecule has 0 bridgehead atoms. The van der Waals surface area contributed by atoms with E-state index in [-0.39, 0.29) is 0 Å². The molecular weight excluding hydrogens is 294 g/mol. The van der Waals surface area contributed by atoms with Gasteiger partial charge < -0.3 is 16.8 Å². The van der Waals surface area contributed by atoms with E-state index >= 15 is 0 Å². The average molecular weight is 336 g/mol. The molecule has 0 saturated heterocycles. The summed E-state index contributed by atoms with van der Waals surface area (Å²) < 4.78 is 0. The number of hydrogen-bond donors (Lipinski definition) is 3. The second-order valence-corrected chi connectivity index (χ2v) is 9.36. The second-order valence-electron chi connectivity index (χ2n) is 9.36. The molecule has 5 N–H and O–H groups in total. The van der Waals surface area contributed by atoms with Crippen molar-refractivity contribution < 1.29 is 0 Å². The fourth-order valence-electron chi connectivity index (χ4n) is 5.88. The van der Waals surface area contributed by atoms with E-state index < -0.39 is 0 Å². The predicted octanol–water partition coefficient (Wildman–Crippen LogP) is 3.81. The highest BCUT2D eigenvalue weighted by molar-refractivity contribution is 4.87. The van der Waals surface area contributed by atoms with E-state index in [4.69, 9.17) is 11.5 Å². The second kappa shape index (κ2) is 9.00. The molecule has 24 heavy (non-hydrogen) atoms. The van der Waals surface area contributed by atoms with Crippen LogP contribution < -0.4 is 16.8 Å². The van der Waals surface area contributed by atoms with Gasteiger partial charge in [-0.15, -0.1) is 0 Å². The predicted molar refractivity (Wildman–Crippen MR) is 103 cm³/mol. The summed E-state index contributed by atoms with van der Waals surface area (Å²) in [6.07, 6.45) is 17.8. The van der Waals surface area contributed by atoms with Gasteiger partial charge in [0.05, 0.1) is 0 Å². The van der Waals surface area contributed by atoms with E-state index in [1.165, 1.54) is 83.5 Å². The highest BCUT2D eigenvalue weighted by Crippen LogP contribution is 2.40. The molecule has 3 saturated carbocycles. The number of hydrogen-bond acceptors (Lipinski definition) is 3. The zero-order valence-electron chi connectivity index (χ0n) is 15.9. The Hall–Kier alpha value is -0.120. The van der Waals surface area contributed by atoms with Gasteiger partial charge in [-0.2, -0.15) is 0 Å². The first-order valence-corrected chi connectivity index (χ1v) is 10.8. The van der Waals surface area contributed by atoms with Gasteiger partial charge in [0.25, 0.3) is 0 Å². The van der Waals surface area contributed by atoms with E-state index in [1.54, 1.807) is 0 Å². The molecule has 0 radical (unpaired) electrons. The van der Waals surface area contributed by atoms with E-state index in [0.29, 0.717) is 12.1 Å². The first-order chi connectivity index (χ1) is 11.6. The van der Waals surface area contributed by atoms with Crippen LogP contribution in [0.15, 0.2) is 0 Å². The average Bonchev–Trinajstić information content (AvgIpc) is 2.60. The molecule has 0 amide bonds. The van der Waals surface area contributed by atoms with Crippen molar-refractivity contribution in [1.82, 2.24) is 5.32 Å². The van der Waals surface area contributed by atoms with Crippen LogP contribution in [-0.4, -0.2) is 25.2 Å². The van der Waals surface area contributed by atoms with Crippen LogP contribution in [0.4, 0.5) is 0 Å². The normalized spacial score (nSPS) is 44.4. The lowest BCUT2D eigenvalue weighted by Crippen LogP contribution is -2.39. The van der Waals surface area contributed by atoms with Crippen molar-refractivity contribution in [2.75, 3.05) is 7.05 Å². The third kappa shape index (κ3) is 5.19. The van der Waals surface area contributed by atoms with Crippen LogP contribution in [0.1, 0.15) is 83.5 Å². The Morgan fingerprint density at radius 1 is 0.708 bits per heavy atom. The summed E-state index contributed by atoms with van der Waals surface area (Å²) in [5.41, 5.74) is 12.6. The van der Waals surface area contributed by atoms with Gasteiger partial charge in [-0.05, 0) is 114 Å². The monoisotopic (exact) mass is 335 g/mol. The largest absolute Gasteiger partial charge is 0.328 e. The van der Waals surface area contributed by atoms with Crippen LogP contribution in [0.25, 0.3) is 0 Å². The van der Waals surface area contributed by atoms with Crippen LogP contribution in [0.3, 0.4) is 0 Å². The summed E-state index contributed by atoms with van der Waals surface area (Å²) in [6, 6.07) is 1.73. The third-order valence-electron chi connectivity index (χ3n) is 7.60. The van der Waals surface area contributed by atoms with Gasteiger partial charge in [-0.3, -0.25) is 0 Å². The van der Waals surface area contributed by atoms with E-state index in [9.17, 15) is 0 Å². The lowest BCUT2D eigenvalue weighted by atomic mass is 9.69. The summed E-state index contributed by atoms with van der Waals surface area (Å²) in [7, 11) is 2.12. The Bertz CT molecular complexity index is 356. The van der Waals surface area contributed by atoms with E-state index in [0.717, 1.165) is 29.7 Å². The maximum Gasteiger partial charge on any atom is 0.00674 e. The molecule has 0 heterocycles. The third-order valence-corrected chi connectivity index (χ3v) is 7.60. The van der Waals surface area contributed by atoms with Crippen molar-refractivity contribution in [3.8, 4) is 0 Å². The smallest absolute Gasteiger partial charge is 0.00674 e. The zero-order chi connectivity index (χ0) is 16.9. The summed E-state index contributed by atoms with van der Waals surface area (Å²) in [5, 5.41) is 3.46. The molecule has 3 heteroatoms. The SMILES string of the molecule is CNC1CCC(CC2CCC(N)C(CC3CCC(N)CC3)C2)CC1. The van der Waals surface area contributed by atoms with Crippen molar-refractivity contribution in [1.29, 1.82) is 0 Å². The van der Waals surface area contributed by atoms with Gasteiger partial charge >= 0.3 is 0 Å². The minimum absolute atomic E-state index is 0.469. The van der Waals surface area contributed by atoms with E-state index in [2.05, 4.69) is 12.4 Å². The molecule has 0 spiro atoms. The lowest BCUT2D eigenvalue weighted by molar-refractivity contribution is 0.149. The lowest BCUT2D eigenvalue weighted by Gasteiger charge is -2.39. The van der Waals surface area contributed by atoms with Crippen molar-refractivity contribution in [3.63, 3.8) is 0 Å². The quantitative estimate of drug-likeness (QED) is 0.716. The minimum atomic E-state index is 0.469. The highest BCUT2D eigenvalue weighted by Gasteiger charge is 2.32. The molecule has 3 unspecified atom stereocenters. The van der Waals surface area contributed by atoms with Crippen LogP contribution in [-0.2, 0) is 0 Å². The Labute approximate surface area is 149 Å². The van der Waals surface area contributed by atoms with Crippen LogP contribution in [0, 0.1) is 23.7 Å². The van der Waals surface area contributed by atoms with Crippen molar-refractivity contribution >= 4 is 0 Å². The Balaban J connectivity index is 1.43. The number of rotatable bonds is 5. The fourth-order valence-corrected chi connectivity index (χ4v) is 5.88. The first kappa shape index (κ1) is 18.7. The van der Waals surface area contributed by atoms with Gasteiger partial charge in [0.2, 0.25) is 0 Å². The molecule has 3 aliphatic rings. The molecule has 0 aliphatic heterocycles. The maximum absolute atomic E-state index is 6.52. The first-order valence-electron chi connectivity index (χ1n) is 10.8. The fraction of sp³-hybridized carbons (Fsp3) is 1.00. The molecule has 3 rings (SSSR count). The maximum atomic E-state index is 6.52. The molecule has 3 fully saturated rings. The summed E-state index contributed by atoms with van der Waals surface area (Å²) in [5.74, 6) is 3.64. The van der Waals surface area contributed by atoms with Gasteiger partial charge in [-0.1, -0.05) is 0 Å². The molecule has 0 aromatic heterocycles. The molecule has 140 valence electrons. The molecule has 3 atom stereocenters. The molecule has 3 nitrogen and oxygen atoms in total. The number of nitrogens with two attached hydrogens (primary N) is 2. The van der Waals surface area contributed by atoms with Crippen molar-refractivity contribution in [2.45, 2.75) is 102 Å². The Kier molecular flexibility index (Phi) is 7.00. The molecule has 3 aliphatic carbocycles. The topological polar surface area (TPSA) is 64.1 Å². The van der Waals surface area contributed by atoms with Gasteiger partial charge in [-0.25, -0.2) is 0 Å². The van der Waals surface area contributed by atoms with E-state index in [1.807, 2.05) is 0 Å². The van der Waals surface area contributed by atoms with Gasteiger partial charge in [0.1, 0.15) is 0 Å². The standard InChI is InChI=1S/C21H41N3/c1-24-20-9-4-15(5-10-20)12-17-6-11-21(23)18(14-17)13-16-2-7-19(22)8-3-16/h15-21,24H,2-14,22-23H2,1H3. The Morgan fingerprint density at radius 3 is 1.96 bits per heavy atom. The molecular formula is C21H41N3. The molecule has 0 aromatic carbocycles. The van der Waals surface area contributed by atoms with Crippen LogP contribution in [0.5, 0.6) is 0 Å². The van der Waals surface area contributed by atoms with Crippen LogP contribution in [0.2, 0.25) is 0 Å². The van der Waals surface area contributed by atoms with Crippen LogP contribution >= 0.6 is 0 Å². The van der Waals surface area contributed by atoms with Crippen molar-refractivity contribution in [3.05, 3.63) is 0 Å². The molecule has 0 aromatic rings. The Morgan fingerprint density at radius 2 is 1.29 bits per heavy atom. The zero-order valence-corrected chi connectivity index (χ0v) is 15.9. The number of nitrogens with one attached hydrogen (secondary N) is 1.